The number of aliphatic hydroxyl groups is 1. The lowest BCUT2D eigenvalue weighted by molar-refractivity contribution is -0.123. The van der Waals surface area contributed by atoms with E-state index in [9.17, 15) is 9.50 Å². The Morgan fingerprint density at radius 2 is 1.57 bits per heavy atom. The summed E-state index contributed by atoms with van der Waals surface area (Å²) in [5.41, 5.74) is 2.38. The third-order valence-corrected chi connectivity index (χ3v) is 6.42. The van der Waals surface area contributed by atoms with Gasteiger partial charge in [0.25, 0.3) is 0 Å². The maximum absolute atomic E-state index is 14.5. The van der Waals surface area contributed by atoms with Crippen LogP contribution in [0.4, 0.5) is 4.39 Å². The average molecular weight is 288 g/mol. The Morgan fingerprint density at radius 3 is 2.05 bits per heavy atom. The molecule has 4 fully saturated rings. The second-order valence-electron chi connectivity index (χ2n) is 8.16. The van der Waals surface area contributed by atoms with Crippen LogP contribution in [0.3, 0.4) is 0 Å². The van der Waals surface area contributed by atoms with Crippen molar-refractivity contribution in [1.29, 1.82) is 0 Å². The van der Waals surface area contributed by atoms with Gasteiger partial charge in [0.15, 0.2) is 0 Å². The fourth-order valence-electron chi connectivity index (χ4n) is 6.09. The molecule has 0 aliphatic heterocycles. The van der Waals surface area contributed by atoms with E-state index in [2.05, 4.69) is 0 Å². The normalized spacial score (nSPS) is 38.8. The first-order chi connectivity index (χ1) is 9.97. The lowest BCUT2D eigenvalue weighted by Gasteiger charge is -2.58. The molecule has 0 saturated heterocycles. The number of aryl methyl sites for hydroxylation is 2. The number of benzene rings is 1. The Labute approximate surface area is 126 Å². The summed E-state index contributed by atoms with van der Waals surface area (Å²) in [5.74, 6) is 2.12. The van der Waals surface area contributed by atoms with Crippen molar-refractivity contribution in [3.8, 4) is 0 Å². The van der Waals surface area contributed by atoms with Crippen molar-refractivity contribution >= 4 is 0 Å². The van der Waals surface area contributed by atoms with Crippen molar-refractivity contribution in [3.63, 3.8) is 0 Å². The van der Waals surface area contributed by atoms with Crippen LogP contribution in [0.1, 0.15) is 61.3 Å². The molecule has 114 valence electrons. The van der Waals surface area contributed by atoms with Crippen LogP contribution in [0, 0.1) is 42.8 Å². The minimum absolute atomic E-state index is 0.0460. The monoisotopic (exact) mass is 288 g/mol. The number of halogens is 1. The summed E-state index contributed by atoms with van der Waals surface area (Å²) in [6.07, 6.45) is 6.74. The van der Waals surface area contributed by atoms with Gasteiger partial charge in [0.05, 0.1) is 6.10 Å². The predicted octanol–water partition coefficient (Wildman–Crippen LogP) is 4.69. The zero-order valence-electron chi connectivity index (χ0n) is 13.0. The van der Waals surface area contributed by atoms with Crippen LogP contribution in [0.2, 0.25) is 0 Å². The molecule has 4 aliphatic rings. The van der Waals surface area contributed by atoms with Crippen LogP contribution < -0.4 is 0 Å². The van der Waals surface area contributed by atoms with Crippen LogP contribution in [-0.2, 0) is 0 Å². The first kappa shape index (κ1) is 13.8. The molecule has 1 aromatic rings. The number of aliphatic hydroxyl groups excluding tert-OH is 1. The van der Waals surface area contributed by atoms with Gasteiger partial charge >= 0.3 is 0 Å². The van der Waals surface area contributed by atoms with E-state index in [1.54, 1.807) is 6.07 Å². The van der Waals surface area contributed by atoms with Crippen LogP contribution in [0.15, 0.2) is 12.1 Å². The maximum Gasteiger partial charge on any atom is 0.129 e. The van der Waals surface area contributed by atoms with Gasteiger partial charge in [0.1, 0.15) is 5.82 Å². The lowest BCUT2D eigenvalue weighted by Crippen LogP contribution is -2.49. The summed E-state index contributed by atoms with van der Waals surface area (Å²) < 4.78 is 14.5. The molecule has 21 heavy (non-hydrogen) atoms. The molecule has 5 rings (SSSR count). The van der Waals surface area contributed by atoms with Gasteiger partial charge in [-0.1, -0.05) is 6.07 Å². The van der Waals surface area contributed by atoms with Crippen molar-refractivity contribution in [1.82, 2.24) is 0 Å². The number of hydrogen-bond acceptors (Lipinski definition) is 1. The smallest absolute Gasteiger partial charge is 0.129 e. The summed E-state index contributed by atoms with van der Waals surface area (Å²) in [6, 6.07) is 3.58. The number of rotatable bonds is 2. The summed E-state index contributed by atoms with van der Waals surface area (Å²) in [6.45, 7) is 3.85. The van der Waals surface area contributed by atoms with Gasteiger partial charge in [0, 0.05) is 11.0 Å². The molecular weight excluding hydrogens is 263 g/mol. The van der Waals surface area contributed by atoms with Crippen molar-refractivity contribution in [3.05, 3.63) is 34.6 Å². The van der Waals surface area contributed by atoms with Crippen molar-refractivity contribution in [2.24, 2.45) is 23.2 Å². The highest BCUT2D eigenvalue weighted by Gasteiger charge is 2.54. The fraction of sp³-hybridized carbons (Fsp3) is 0.684. The summed E-state index contributed by atoms with van der Waals surface area (Å²) >= 11 is 0. The standard InChI is InChI=1S/C19H25FO/c1-11-3-12(2)17(16(20)4-11)18(21)19-8-13-5-14(9-19)7-15(6-13)10-19/h3-4,13-15,18,21H,5-10H2,1-2H3. The Bertz CT molecular complexity index is 519. The third-order valence-electron chi connectivity index (χ3n) is 6.42. The minimum Gasteiger partial charge on any atom is -0.388 e. The molecule has 0 amide bonds. The largest absolute Gasteiger partial charge is 0.388 e. The van der Waals surface area contributed by atoms with Crippen LogP contribution in [-0.4, -0.2) is 5.11 Å². The van der Waals surface area contributed by atoms with E-state index in [1.807, 2.05) is 19.9 Å². The van der Waals surface area contributed by atoms with Crippen LogP contribution >= 0.6 is 0 Å². The lowest BCUT2D eigenvalue weighted by atomic mass is 9.47. The Morgan fingerprint density at radius 1 is 1.05 bits per heavy atom. The molecule has 0 aromatic heterocycles. The van der Waals surface area contributed by atoms with Gasteiger partial charge in [0.2, 0.25) is 0 Å². The van der Waals surface area contributed by atoms with Crippen molar-refractivity contribution in [2.45, 2.75) is 58.5 Å². The molecule has 0 radical (unpaired) electrons. The average Bonchev–Trinajstić information content (AvgIpc) is 2.35. The fourth-order valence-corrected chi connectivity index (χ4v) is 6.09. The molecule has 1 atom stereocenters. The van der Waals surface area contributed by atoms with Crippen LogP contribution in [0.5, 0.6) is 0 Å². The van der Waals surface area contributed by atoms with Crippen molar-refractivity contribution < 1.29 is 9.50 Å². The zero-order valence-corrected chi connectivity index (χ0v) is 13.0. The van der Waals surface area contributed by atoms with E-state index in [-0.39, 0.29) is 11.2 Å². The molecule has 0 heterocycles. The van der Waals surface area contributed by atoms with E-state index >= 15 is 0 Å². The second-order valence-corrected chi connectivity index (χ2v) is 8.16. The van der Waals surface area contributed by atoms with Crippen molar-refractivity contribution in [2.75, 3.05) is 0 Å². The van der Waals surface area contributed by atoms with E-state index in [0.717, 1.165) is 48.1 Å². The Balaban J connectivity index is 1.73. The summed E-state index contributed by atoms with van der Waals surface area (Å²) in [7, 11) is 0. The highest BCUT2D eigenvalue weighted by molar-refractivity contribution is 5.35. The number of hydrogen-bond donors (Lipinski definition) is 1. The zero-order chi connectivity index (χ0) is 14.8. The minimum atomic E-state index is -0.619. The van der Waals surface area contributed by atoms with Gasteiger partial charge in [-0.15, -0.1) is 0 Å². The van der Waals surface area contributed by atoms with E-state index in [0.29, 0.717) is 5.56 Å². The van der Waals surface area contributed by atoms with E-state index < -0.39 is 6.10 Å². The molecule has 0 spiro atoms. The molecule has 4 bridgehead atoms. The van der Waals surface area contributed by atoms with Gasteiger partial charge in [-0.2, -0.15) is 0 Å². The first-order valence-electron chi connectivity index (χ1n) is 8.41. The highest BCUT2D eigenvalue weighted by Crippen LogP contribution is 2.64. The van der Waals surface area contributed by atoms with Crippen LogP contribution in [0.25, 0.3) is 0 Å². The Kier molecular flexibility index (Phi) is 2.98. The highest BCUT2D eigenvalue weighted by atomic mass is 19.1. The quantitative estimate of drug-likeness (QED) is 0.837. The van der Waals surface area contributed by atoms with Gasteiger partial charge in [-0.25, -0.2) is 4.39 Å². The predicted molar refractivity (Wildman–Crippen MR) is 81.4 cm³/mol. The SMILES string of the molecule is Cc1cc(C)c(C(O)C23CC4CC(CC(C4)C2)C3)c(F)c1. The van der Waals surface area contributed by atoms with Gasteiger partial charge in [-0.3, -0.25) is 0 Å². The first-order valence-corrected chi connectivity index (χ1v) is 8.41. The third kappa shape index (κ3) is 2.06. The molecule has 2 heteroatoms. The maximum atomic E-state index is 14.5. The van der Waals surface area contributed by atoms with Gasteiger partial charge in [-0.05, 0) is 87.3 Å². The van der Waals surface area contributed by atoms with Gasteiger partial charge < -0.3 is 5.11 Å². The summed E-state index contributed by atoms with van der Waals surface area (Å²) in [4.78, 5) is 0. The van der Waals surface area contributed by atoms with E-state index in [4.69, 9.17) is 0 Å². The molecule has 1 nitrogen and oxygen atoms in total. The molecule has 4 saturated carbocycles. The second kappa shape index (κ2) is 4.55. The molecule has 4 aliphatic carbocycles. The topological polar surface area (TPSA) is 20.2 Å². The molecule has 1 aromatic carbocycles. The molecule has 1 unspecified atom stereocenters. The summed E-state index contributed by atoms with van der Waals surface area (Å²) in [5, 5.41) is 11.1. The van der Waals surface area contributed by atoms with E-state index in [1.165, 1.54) is 19.3 Å². The molecular formula is C19H25FO. The molecule has 1 N–H and O–H groups in total. The Hall–Kier alpha value is -0.890.